The first-order chi connectivity index (χ1) is 22.5. The van der Waals surface area contributed by atoms with Gasteiger partial charge in [0.2, 0.25) is 0 Å². The number of aryl methyl sites for hydroxylation is 1. The molecule has 0 amide bonds. The lowest BCUT2D eigenvalue weighted by Crippen LogP contribution is -2.38. The molecule has 5 aromatic rings. The van der Waals surface area contributed by atoms with E-state index in [-0.39, 0.29) is 11.6 Å². The Morgan fingerprint density at radius 2 is 1.65 bits per heavy atom. The molecule has 0 saturated heterocycles. The van der Waals surface area contributed by atoms with E-state index < -0.39 is 0 Å². The van der Waals surface area contributed by atoms with Crippen LogP contribution in [0.2, 0.25) is 0 Å². The van der Waals surface area contributed by atoms with Gasteiger partial charge in [-0.2, -0.15) is 0 Å². The molecule has 46 heavy (non-hydrogen) atoms. The van der Waals surface area contributed by atoms with E-state index in [0.29, 0.717) is 38.9 Å². The van der Waals surface area contributed by atoms with Gasteiger partial charge < -0.3 is 18.9 Å². The lowest BCUT2D eigenvalue weighted by atomic mass is 9.83. The van der Waals surface area contributed by atoms with E-state index in [1.54, 1.807) is 21.3 Å². The van der Waals surface area contributed by atoms with Crippen molar-refractivity contribution in [3.63, 3.8) is 0 Å². The van der Waals surface area contributed by atoms with Crippen molar-refractivity contribution in [1.29, 1.82) is 0 Å². The Morgan fingerprint density at radius 1 is 0.891 bits per heavy atom. The van der Waals surface area contributed by atoms with Crippen molar-refractivity contribution in [3.8, 4) is 23.0 Å². The number of rotatable bonds is 8. The number of fused-ring (bicyclic) bond motifs is 3. The quantitative estimate of drug-likeness (QED) is 0.181. The summed E-state index contributed by atoms with van der Waals surface area (Å²) in [5.74, 6) is 2.42. The molecular formula is C37H31BrN2O5S. The molecule has 232 valence electrons. The van der Waals surface area contributed by atoms with Gasteiger partial charge in [0.15, 0.2) is 27.8 Å². The molecule has 0 N–H and O–H groups in total. The van der Waals surface area contributed by atoms with E-state index in [1.165, 1.54) is 16.9 Å². The van der Waals surface area contributed by atoms with Crippen LogP contribution in [0, 0.1) is 0 Å². The summed E-state index contributed by atoms with van der Waals surface area (Å²) in [6.45, 7) is 0.400. The van der Waals surface area contributed by atoms with Crippen LogP contribution in [0.15, 0.2) is 105 Å². The maximum Gasteiger partial charge on any atom is 0.271 e. The summed E-state index contributed by atoms with van der Waals surface area (Å²) in [7, 11) is 4.86. The van der Waals surface area contributed by atoms with Gasteiger partial charge in [-0.15, -0.1) is 0 Å². The van der Waals surface area contributed by atoms with Crippen LogP contribution in [0.3, 0.4) is 0 Å². The van der Waals surface area contributed by atoms with E-state index in [4.69, 9.17) is 23.9 Å². The molecule has 1 aliphatic heterocycles. The molecule has 0 saturated carbocycles. The number of ether oxygens (including phenoxy) is 4. The lowest BCUT2D eigenvalue weighted by molar-refractivity contribution is 0.282. The number of aromatic nitrogens is 1. The number of hydrogen-bond acceptors (Lipinski definition) is 7. The summed E-state index contributed by atoms with van der Waals surface area (Å²) in [6.07, 6.45) is 3.57. The van der Waals surface area contributed by atoms with E-state index in [0.717, 1.165) is 50.8 Å². The van der Waals surface area contributed by atoms with Gasteiger partial charge in [-0.25, -0.2) is 4.99 Å². The van der Waals surface area contributed by atoms with Crippen molar-refractivity contribution in [1.82, 2.24) is 4.57 Å². The van der Waals surface area contributed by atoms with Gasteiger partial charge in [-0.3, -0.25) is 9.36 Å². The summed E-state index contributed by atoms with van der Waals surface area (Å²) in [5.41, 5.74) is 7.14. The SMILES string of the molecule is COc1ccc([C@@H]2C3=C(N=c4s/c(=C/c5cc(Br)c(OCc6ccccc6)c(OC)c5)c(=O)n42)c2ccccc2CC3)cc1OC. The monoisotopic (exact) mass is 694 g/mol. The standard InChI is InChI=1S/C37H31BrN2O5S/c1-42-29-16-14-25(20-30(29)43-2)34-27-15-13-24-11-7-8-12-26(24)33(27)39-37-40(34)36(41)32(46-37)19-23-17-28(38)35(31(18-23)44-3)45-21-22-9-5-4-6-10-22/h4-12,14,16-20,34H,13,15,21H2,1-3H3/b32-19+/t34-/m1/s1. The fourth-order valence-electron chi connectivity index (χ4n) is 6.19. The van der Waals surface area contributed by atoms with Crippen LogP contribution < -0.4 is 33.8 Å². The van der Waals surface area contributed by atoms with Gasteiger partial charge in [-0.05, 0) is 86.9 Å². The maximum atomic E-state index is 14.3. The third-order valence-electron chi connectivity index (χ3n) is 8.37. The zero-order valence-corrected chi connectivity index (χ0v) is 28.0. The van der Waals surface area contributed by atoms with Crippen molar-refractivity contribution < 1.29 is 18.9 Å². The first-order valence-corrected chi connectivity index (χ1v) is 16.5. The first kappa shape index (κ1) is 30.1. The molecule has 4 aromatic carbocycles. The second-order valence-electron chi connectivity index (χ2n) is 11.0. The van der Waals surface area contributed by atoms with Gasteiger partial charge >= 0.3 is 0 Å². The van der Waals surface area contributed by atoms with Gasteiger partial charge in [0.05, 0.1) is 42.1 Å². The number of methoxy groups -OCH3 is 3. The fraction of sp³-hybridized carbons (Fsp3) is 0.189. The molecule has 0 bridgehead atoms. The highest BCUT2D eigenvalue weighted by Gasteiger charge is 2.33. The summed E-state index contributed by atoms with van der Waals surface area (Å²) >= 11 is 5.06. The van der Waals surface area contributed by atoms with E-state index >= 15 is 0 Å². The van der Waals surface area contributed by atoms with Gasteiger partial charge in [-0.1, -0.05) is 72.0 Å². The summed E-state index contributed by atoms with van der Waals surface area (Å²) < 4.78 is 26.2. The smallest absolute Gasteiger partial charge is 0.271 e. The highest BCUT2D eigenvalue weighted by Crippen LogP contribution is 2.43. The molecule has 0 fully saturated rings. The van der Waals surface area contributed by atoms with Crippen LogP contribution in [-0.2, 0) is 13.0 Å². The molecule has 7 nitrogen and oxygen atoms in total. The van der Waals surface area contributed by atoms with Gasteiger partial charge in [0, 0.05) is 5.56 Å². The van der Waals surface area contributed by atoms with Crippen molar-refractivity contribution >= 4 is 39.0 Å². The minimum atomic E-state index is -0.336. The van der Waals surface area contributed by atoms with Crippen LogP contribution in [0.1, 0.15) is 40.3 Å². The van der Waals surface area contributed by atoms with Crippen molar-refractivity contribution in [2.24, 2.45) is 4.99 Å². The van der Waals surface area contributed by atoms with E-state index in [1.807, 2.05) is 77.4 Å². The number of hydrogen-bond donors (Lipinski definition) is 0. The third kappa shape index (κ3) is 5.43. The van der Waals surface area contributed by atoms with Crippen LogP contribution in [0.25, 0.3) is 11.8 Å². The third-order valence-corrected chi connectivity index (χ3v) is 9.94. The topological polar surface area (TPSA) is 71.3 Å². The average molecular weight is 696 g/mol. The van der Waals surface area contributed by atoms with Crippen molar-refractivity contribution in [2.75, 3.05) is 21.3 Å². The second kappa shape index (κ2) is 12.7. The molecule has 1 atom stereocenters. The highest BCUT2D eigenvalue weighted by atomic mass is 79.9. The predicted molar refractivity (Wildman–Crippen MR) is 184 cm³/mol. The molecule has 2 aliphatic rings. The zero-order chi connectivity index (χ0) is 31.8. The number of halogens is 1. The van der Waals surface area contributed by atoms with E-state index in [9.17, 15) is 4.79 Å². The molecule has 2 heterocycles. The Bertz CT molecular complexity index is 2170. The molecule has 7 rings (SSSR count). The van der Waals surface area contributed by atoms with E-state index in [2.05, 4.69) is 34.1 Å². The van der Waals surface area contributed by atoms with Crippen LogP contribution in [0.4, 0.5) is 0 Å². The molecule has 1 aliphatic carbocycles. The normalized spacial score (nSPS) is 15.4. The van der Waals surface area contributed by atoms with Gasteiger partial charge in [0.1, 0.15) is 6.61 Å². The number of allylic oxidation sites excluding steroid dienone is 1. The molecule has 0 spiro atoms. The summed E-state index contributed by atoms with van der Waals surface area (Å²) in [6, 6.07) is 27.7. The van der Waals surface area contributed by atoms with Crippen molar-refractivity contribution in [3.05, 3.63) is 142 Å². The largest absolute Gasteiger partial charge is 0.493 e. The molecule has 9 heteroatoms. The first-order valence-electron chi connectivity index (χ1n) is 14.9. The number of nitrogens with zero attached hydrogens (tertiary/aromatic N) is 2. The highest BCUT2D eigenvalue weighted by molar-refractivity contribution is 9.10. The van der Waals surface area contributed by atoms with Crippen LogP contribution >= 0.6 is 27.3 Å². The minimum Gasteiger partial charge on any atom is -0.493 e. The summed E-state index contributed by atoms with van der Waals surface area (Å²) in [4.78, 5) is 20.1. The Balaban J connectivity index is 1.35. The zero-order valence-electron chi connectivity index (χ0n) is 25.6. The minimum absolute atomic E-state index is 0.103. The van der Waals surface area contributed by atoms with Crippen LogP contribution in [-0.4, -0.2) is 25.9 Å². The van der Waals surface area contributed by atoms with Crippen LogP contribution in [0.5, 0.6) is 23.0 Å². The average Bonchev–Trinajstić information content (AvgIpc) is 3.40. The Labute approximate surface area is 278 Å². The molecule has 0 unspecified atom stereocenters. The lowest BCUT2D eigenvalue weighted by Gasteiger charge is -2.31. The maximum absolute atomic E-state index is 14.3. The number of benzene rings is 4. The predicted octanol–water partition coefficient (Wildman–Crippen LogP) is 6.69. The van der Waals surface area contributed by atoms with Gasteiger partial charge in [0.25, 0.3) is 5.56 Å². The van der Waals surface area contributed by atoms with Crippen molar-refractivity contribution in [2.45, 2.75) is 25.5 Å². The molecular weight excluding hydrogens is 664 g/mol. The Kier molecular flexibility index (Phi) is 8.27. The molecule has 0 radical (unpaired) electrons. The second-order valence-corrected chi connectivity index (χ2v) is 12.9. The fourth-order valence-corrected chi connectivity index (χ4v) is 7.76. The molecule has 1 aromatic heterocycles. The Hall–Kier alpha value is -4.60. The number of thiazole rings is 1. The summed E-state index contributed by atoms with van der Waals surface area (Å²) in [5, 5.41) is 0. The Morgan fingerprint density at radius 3 is 2.43 bits per heavy atom.